The molecule has 0 aromatic carbocycles. The topological polar surface area (TPSA) is 64.4 Å². The first-order valence-corrected chi connectivity index (χ1v) is 9.18. The van der Waals surface area contributed by atoms with E-state index in [0.717, 1.165) is 34.4 Å². The number of hydrogen-bond acceptors (Lipinski definition) is 5. The molecule has 2 aromatic rings. The van der Waals surface area contributed by atoms with E-state index in [2.05, 4.69) is 9.55 Å². The van der Waals surface area contributed by atoms with Crippen LogP contribution in [0.15, 0.2) is 35.5 Å². The molecule has 1 saturated heterocycles. The number of thioether (sulfide) groups is 1. The van der Waals surface area contributed by atoms with Crippen LogP contribution < -0.4 is 0 Å². The molecule has 0 radical (unpaired) electrons. The fourth-order valence-electron chi connectivity index (χ4n) is 3.03. The molecule has 6 nitrogen and oxygen atoms in total. The van der Waals surface area contributed by atoms with Gasteiger partial charge in [0.05, 0.1) is 4.91 Å². The minimum atomic E-state index is -0.232. The van der Waals surface area contributed by atoms with Crippen molar-refractivity contribution in [3.05, 3.63) is 52.4 Å². The summed E-state index contributed by atoms with van der Waals surface area (Å²) < 4.78 is 7.10. The molecule has 3 rings (SSSR count). The molecule has 2 aromatic heterocycles. The number of carbonyl (C=O) groups is 2. The molecule has 0 spiro atoms. The second-order valence-electron chi connectivity index (χ2n) is 6.05. The van der Waals surface area contributed by atoms with Gasteiger partial charge in [0.25, 0.3) is 11.1 Å². The molecule has 2 amide bonds. The van der Waals surface area contributed by atoms with Gasteiger partial charge >= 0.3 is 0 Å². The Morgan fingerprint density at radius 2 is 1.96 bits per heavy atom. The van der Waals surface area contributed by atoms with E-state index in [4.69, 9.17) is 4.74 Å². The maximum Gasteiger partial charge on any atom is 0.293 e. The molecule has 1 aliphatic rings. The van der Waals surface area contributed by atoms with Gasteiger partial charge in [-0.05, 0) is 61.9 Å². The Morgan fingerprint density at radius 1 is 1.23 bits per heavy atom. The van der Waals surface area contributed by atoms with Gasteiger partial charge in [-0.15, -0.1) is 0 Å². The molecule has 0 atom stereocenters. The summed E-state index contributed by atoms with van der Waals surface area (Å²) in [4.78, 5) is 30.5. The average Bonchev–Trinajstić information content (AvgIpc) is 3.05. The van der Waals surface area contributed by atoms with Gasteiger partial charge in [0.1, 0.15) is 0 Å². The second-order valence-corrected chi connectivity index (χ2v) is 7.04. The van der Waals surface area contributed by atoms with Crippen molar-refractivity contribution in [1.29, 1.82) is 0 Å². The molecule has 1 fully saturated rings. The maximum atomic E-state index is 12.5. The van der Waals surface area contributed by atoms with E-state index >= 15 is 0 Å². The van der Waals surface area contributed by atoms with Crippen LogP contribution in [0.1, 0.15) is 23.4 Å². The normalized spacial score (nSPS) is 16.1. The fourth-order valence-corrected chi connectivity index (χ4v) is 3.88. The molecular weight excluding hydrogens is 350 g/mol. The van der Waals surface area contributed by atoms with E-state index in [9.17, 15) is 9.59 Å². The van der Waals surface area contributed by atoms with Gasteiger partial charge < -0.3 is 9.30 Å². The third kappa shape index (κ3) is 3.59. The molecule has 0 bridgehead atoms. The Balaban J connectivity index is 1.87. The lowest BCUT2D eigenvalue weighted by Crippen LogP contribution is -2.29. The number of carbonyl (C=O) groups excluding carboxylic acids is 2. The van der Waals surface area contributed by atoms with Crippen molar-refractivity contribution in [2.24, 2.45) is 0 Å². The summed E-state index contributed by atoms with van der Waals surface area (Å²) in [5, 5.41) is -0.222. The SMILES string of the molecule is COCCCN1C(=O)S/C(=C/c2cc(C)n(-c3ccncc3)c2C)C1=O. The molecule has 0 aliphatic carbocycles. The largest absolute Gasteiger partial charge is 0.385 e. The Morgan fingerprint density at radius 3 is 2.65 bits per heavy atom. The van der Waals surface area contributed by atoms with Crippen LogP contribution in [0.4, 0.5) is 4.79 Å². The first kappa shape index (κ1) is 18.4. The predicted molar refractivity (Wildman–Crippen MR) is 102 cm³/mol. The van der Waals surface area contributed by atoms with Crippen molar-refractivity contribution in [2.75, 3.05) is 20.3 Å². The fraction of sp³-hybridized carbons (Fsp3) is 0.316. The quantitative estimate of drug-likeness (QED) is 0.574. The van der Waals surface area contributed by atoms with Crippen molar-refractivity contribution in [3.63, 3.8) is 0 Å². The van der Waals surface area contributed by atoms with Crippen molar-refractivity contribution in [3.8, 4) is 5.69 Å². The highest BCUT2D eigenvalue weighted by Crippen LogP contribution is 2.33. The molecule has 3 heterocycles. The first-order valence-electron chi connectivity index (χ1n) is 8.36. The van der Waals surface area contributed by atoms with Gasteiger partial charge in [0.2, 0.25) is 0 Å². The summed E-state index contributed by atoms with van der Waals surface area (Å²) in [6, 6.07) is 5.90. The van der Waals surface area contributed by atoms with E-state index in [1.54, 1.807) is 25.6 Å². The summed E-state index contributed by atoms with van der Waals surface area (Å²) in [7, 11) is 1.60. The number of imide groups is 1. The lowest BCUT2D eigenvalue weighted by molar-refractivity contribution is -0.122. The summed E-state index contributed by atoms with van der Waals surface area (Å²) in [5.41, 5.74) is 4.02. The number of aryl methyl sites for hydroxylation is 1. The van der Waals surface area contributed by atoms with E-state index in [1.807, 2.05) is 32.0 Å². The number of amides is 2. The van der Waals surface area contributed by atoms with Gasteiger partial charge in [-0.2, -0.15) is 0 Å². The van der Waals surface area contributed by atoms with E-state index in [1.165, 1.54) is 4.90 Å². The van der Waals surface area contributed by atoms with Gasteiger partial charge in [0, 0.05) is 49.7 Å². The zero-order chi connectivity index (χ0) is 18.7. The van der Waals surface area contributed by atoms with Gasteiger partial charge in [-0.25, -0.2) is 0 Å². The number of rotatable bonds is 6. The average molecular weight is 371 g/mol. The molecule has 136 valence electrons. The Kier molecular flexibility index (Phi) is 5.58. The van der Waals surface area contributed by atoms with Crippen molar-refractivity contribution < 1.29 is 14.3 Å². The third-order valence-corrected chi connectivity index (χ3v) is 5.19. The van der Waals surface area contributed by atoms with Crippen molar-refractivity contribution in [2.45, 2.75) is 20.3 Å². The van der Waals surface area contributed by atoms with E-state index in [0.29, 0.717) is 24.5 Å². The lowest BCUT2D eigenvalue weighted by Gasteiger charge is -2.11. The summed E-state index contributed by atoms with van der Waals surface area (Å²) in [5.74, 6) is -0.232. The summed E-state index contributed by atoms with van der Waals surface area (Å²) in [6.07, 6.45) is 5.94. The van der Waals surface area contributed by atoms with Crippen LogP contribution in [0.3, 0.4) is 0 Å². The van der Waals surface area contributed by atoms with Crippen LogP contribution in [0, 0.1) is 13.8 Å². The molecule has 7 heteroatoms. The van der Waals surface area contributed by atoms with Gasteiger partial charge in [-0.1, -0.05) is 0 Å². The highest BCUT2D eigenvalue weighted by atomic mass is 32.2. The maximum absolute atomic E-state index is 12.5. The lowest BCUT2D eigenvalue weighted by atomic mass is 10.2. The summed E-state index contributed by atoms with van der Waals surface area (Å²) in [6.45, 7) is 4.92. The second kappa shape index (κ2) is 7.88. The minimum Gasteiger partial charge on any atom is -0.385 e. The van der Waals surface area contributed by atoms with Crippen LogP contribution in [0.5, 0.6) is 0 Å². The third-order valence-electron chi connectivity index (χ3n) is 4.28. The monoisotopic (exact) mass is 371 g/mol. The predicted octanol–water partition coefficient (Wildman–Crippen LogP) is 3.56. The zero-order valence-corrected chi connectivity index (χ0v) is 15.9. The molecular formula is C19H21N3O3S. The minimum absolute atomic E-state index is 0.222. The number of pyridine rings is 1. The number of hydrogen-bond donors (Lipinski definition) is 0. The Labute approximate surface area is 156 Å². The molecule has 0 N–H and O–H groups in total. The molecule has 1 aliphatic heterocycles. The Bertz CT molecular complexity index is 858. The smallest absolute Gasteiger partial charge is 0.293 e. The van der Waals surface area contributed by atoms with E-state index < -0.39 is 0 Å². The number of aromatic nitrogens is 2. The molecule has 0 unspecified atom stereocenters. The first-order chi connectivity index (χ1) is 12.5. The van der Waals surface area contributed by atoms with Crippen LogP contribution in [-0.2, 0) is 9.53 Å². The molecule has 26 heavy (non-hydrogen) atoms. The van der Waals surface area contributed by atoms with Crippen molar-refractivity contribution in [1.82, 2.24) is 14.5 Å². The number of nitrogens with zero attached hydrogens (tertiary/aromatic N) is 3. The zero-order valence-electron chi connectivity index (χ0n) is 15.1. The van der Waals surface area contributed by atoms with Gasteiger partial charge in [0.15, 0.2) is 0 Å². The number of methoxy groups -OCH3 is 1. The Hall–Kier alpha value is -2.38. The van der Waals surface area contributed by atoms with Gasteiger partial charge in [-0.3, -0.25) is 19.5 Å². The molecule has 0 saturated carbocycles. The van der Waals surface area contributed by atoms with Crippen LogP contribution in [0.25, 0.3) is 11.8 Å². The van der Waals surface area contributed by atoms with Crippen LogP contribution in [0.2, 0.25) is 0 Å². The van der Waals surface area contributed by atoms with Crippen LogP contribution >= 0.6 is 11.8 Å². The standard InChI is InChI=1S/C19H21N3O3S/c1-13-11-15(14(2)22(13)16-5-7-20-8-6-16)12-17-18(23)21(19(24)26-17)9-4-10-25-3/h5-8,11-12H,4,9-10H2,1-3H3/b17-12+. The van der Waals surface area contributed by atoms with Crippen molar-refractivity contribution >= 4 is 29.0 Å². The highest BCUT2D eigenvalue weighted by Gasteiger charge is 2.34. The number of ether oxygens (including phenoxy) is 1. The highest BCUT2D eigenvalue weighted by molar-refractivity contribution is 8.18. The van der Waals surface area contributed by atoms with Crippen LogP contribution in [-0.4, -0.2) is 45.9 Å². The van der Waals surface area contributed by atoms with E-state index in [-0.39, 0.29) is 11.1 Å². The summed E-state index contributed by atoms with van der Waals surface area (Å²) >= 11 is 0.993.